The van der Waals surface area contributed by atoms with Crippen molar-refractivity contribution in [3.8, 4) is 0 Å². The summed E-state index contributed by atoms with van der Waals surface area (Å²) < 4.78 is 0. The van der Waals surface area contributed by atoms with Crippen LogP contribution in [-0.4, -0.2) is 62.0 Å². The zero-order valence-electron chi connectivity index (χ0n) is 11.8. The van der Waals surface area contributed by atoms with Gasteiger partial charge >= 0.3 is 0 Å². The van der Waals surface area contributed by atoms with E-state index in [4.69, 9.17) is 5.73 Å². The molecular formula is C13H22N4OS. The second kappa shape index (κ2) is 5.90. The number of nitrogen functional groups attached to an aromatic ring is 1. The van der Waals surface area contributed by atoms with Gasteiger partial charge in [-0.2, -0.15) is 0 Å². The first-order valence-electron chi connectivity index (χ1n) is 6.50. The predicted octanol–water partition coefficient (Wildman–Crippen LogP) is 0.614. The molecule has 5 nitrogen and oxygen atoms in total. The number of nitrogens with two attached hydrogens (primary N) is 1. The molecule has 1 aliphatic heterocycles. The largest absolute Gasteiger partial charge is 0.398 e. The Bertz CT molecular complexity index is 440. The maximum Gasteiger partial charge on any atom is 0.261 e. The lowest BCUT2D eigenvalue weighted by atomic mass is 10.2. The molecule has 0 aromatic carbocycles. The van der Waals surface area contributed by atoms with Gasteiger partial charge in [0.15, 0.2) is 0 Å². The summed E-state index contributed by atoms with van der Waals surface area (Å²) in [6.07, 6.45) is 0. The minimum atomic E-state index is -0.0218. The zero-order chi connectivity index (χ0) is 14.0. The maximum absolute atomic E-state index is 12.1. The summed E-state index contributed by atoms with van der Waals surface area (Å²) in [4.78, 5) is 18.3. The Balaban J connectivity index is 1.89. The summed E-state index contributed by atoms with van der Waals surface area (Å²) in [5.41, 5.74) is 6.47. The number of amides is 1. The summed E-state index contributed by atoms with van der Waals surface area (Å²) in [7, 11) is 4.22. The number of anilines is 1. The van der Waals surface area contributed by atoms with Gasteiger partial charge in [0.2, 0.25) is 0 Å². The highest BCUT2D eigenvalue weighted by Gasteiger charge is 2.22. The van der Waals surface area contributed by atoms with Gasteiger partial charge in [-0.15, -0.1) is 11.3 Å². The molecule has 19 heavy (non-hydrogen) atoms. The fourth-order valence-electron chi connectivity index (χ4n) is 2.23. The molecule has 1 aromatic heterocycles. The molecule has 1 aliphatic rings. The molecule has 1 fully saturated rings. The van der Waals surface area contributed by atoms with E-state index in [1.807, 2.05) is 6.92 Å². The molecular weight excluding hydrogens is 260 g/mol. The number of likely N-dealkylation sites (N-methyl/N-ethyl adjacent to an activating group) is 2. The Kier molecular flexibility index (Phi) is 4.44. The number of nitrogens with zero attached hydrogens (tertiary/aromatic N) is 2. The van der Waals surface area contributed by atoms with Crippen molar-refractivity contribution < 1.29 is 4.79 Å². The Morgan fingerprint density at radius 2 is 2.26 bits per heavy atom. The number of aryl methyl sites for hydroxylation is 1. The van der Waals surface area contributed by atoms with E-state index in [9.17, 15) is 4.79 Å². The molecule has 1 saturated heterocycles. The van der Waals surface area contributed by atoms with Crippen LogP contribution < -0.4 is 11.1 Å². The Hall–Kier alpha value is -1.11. The zero-order valence-corrected chi connectivity index (χ0v) is 12.6. The third-order valence-electron chi connectivity index (χ3n) is 3.66. The van der Waals surface area contributed by atoms with Crippen LogP contribution in [0.3, 0.4) is 0 Å². The van der Waals surface area contributed by atoms with Crippen molar-refractivity contribution in [1.29, 1.82) is 0 Å². The van der Waals surface area contributed by atoms with Gasteiger partial charge in [0.1, 0.15) is 0 Å². The lowest BCUT2D eigenvalue weighted by Crippen LogP contribution is -2.54. The molecule has 1 unspecified atom stereocenters. The highest BCUT2D eigenvalue weighted by molar-refractivity contribution is 7.14. The van der Waals surface area contributed by atoms with Crippen molar-refractivity contribution in [2.24, 2.45) is 0 Å². The van der Waals surface area contributed by atoms with E-state index in [-0.39, 0.29) is 5.91 Å². The number of hydrogen-bond donors (Lipinski definition) is 2. The second-order valence-corrected chi connectivity index (χ2v) is 6.49. The molecule has 0 spiro atoms. The van der Waals surface area contributed by atoms with Crippen LogP contribution in [0.5, 0.6) is 0 Å². The lowest BCUT2D eigenvalue weighted by molar-refractivity contribution is 0.0884. The highest BCUT2D eigenvalue weighted by Crippen LogP contribution is 2.23. The van der Waals surface area contributed by atoms with Crippen molar-refractivity contribution in [2.75, 3.05) is 46.0 Å². The van der Waals surface area contributed by atoms with Crippen molar-refractivity contribution in [3.05, 3.63) is 15.8 Å². The van der Waals surface area contributed by atoms with Crippen LogP contribution in [0.4, 0.5) is 5.69 Å². The molecule has 1 aromatic rings. The summed E-state index contributed by atoms with van der Waals surface area (Å²) >= 11 is 1.45. The van der Waals surface area contributed by atoms with Crippen LogP contribution in [0.15, 0.2) is 6.07 Å². The first kappa shape index (κ1) is 14.3. The quantitative estimate of drug-likeness (QED) is 0.853. The van der Waals surface area contributed by atoms with Gasteiger partial charge in [-0.25, -0.2) is 0 Å². The lowest BCUT2D eigenvalue weighted by Gasteiger charge is -2.37. The van der Waals surface area contributed by atoms with Crippen LogP contribution in [0.2, 0.25) is 0 Å². The molecule has 2 rings (SSSR count). The standard InChI is InChI=1S/C13H22N4OS/c1-9-11(14)6-12(19-9)13(18)15-7-10-8-16(2)4-5-17(10)3/h6,10H,4-5,7-8,14H2,1-3H3,(H,15,18). The van der Waals surface area contributed by atoms with Crippen LogP contribution in [0, 0.1) is 6.92 Å². The van der Waals surface area contributed by atoms with Gasteiger partial charge in [0.25, 0.3) is 5.91 Å². The smallest absolute Gasteiger partial charge is 0.261 e. The van der Waals surface area contributed by atoms with E-state index < -0.39 is 0 Å². The van der Waals surface area contributed by atoms with E-state index in [1.165, 1.54) is 11.3 Å². The fourth-order valence-corrected chi connectivity index (χ4v) is 3.08. The van der Waals surface area contributed by atoms with E-state index in [0.717, 1.165) is 24.5 Å². The monoisotopic (exact) mass is 282 g/mol. The van der Waals surface area contributed by atoms with E-state index in [2.05, 4.69) is 29.2 Å². The van der Waals surface area contributed by atoms with Crippen molar-refractivity contribution in [2.45, 2.75) is 13.0 Å². The first-order valence-corrected chi connectivity index (χ1v) is 7.32. The predicted molar refractivity (Wildman–Crippen MR) is 79.7 cm³/mol. The number of piperazine rings is 1. The van der Waals surface area contributed by atoms with Gasteiger partial charge in [0, 0.05) is 42.8 Å². The summed E-state index contributed by atoms with van der Waals surface area (Å²) in [5.74, 6) is -0.0218. The van der Waals surface area contributed by atoms with E-state index in [0.29, 0.717) is 23.2 Å². The second-order valence-electron chi connectivity index (χ2n) is 5.23. The van der Waals surface area contributed by atoms with Crippen LogP contribution in [0.25, 0.3) is 0 Å². The molecule has 0 bridgehead atoms. The summed E-state index contributed by atoms with van der Waals surface area (Å²) in [5, 5.41) is 3.01. The van der Waals surface area contributed by atoms with Crippen LogP contribution in [0.1, 0.15) is 14.5 Å². The molecule has 6 heteroatoms. The van der Waals surface area contributed by atoms with Crippen LogP contribution in [-0.2, 0) is 0 Å². The fraction of sp³-hybridized carbons (Fsp3) is 0.615. The van der Waals surface area contributed by atoms with Crippen molar-refractivity contribution >= 4 is 22.9 Å². The maximum atomic E-state index is 12.1. The summed E-state index contributed by atoms with van der Waals surface area (Å²) in [6, 6.07) is 2.13. The Morgan fingerprint density at radius 1 is 1.53 bits per heavy atom. The number of hydrogen-bond acceptors (Lipinski definition) is 5. The molecule has 0 saturated carbocycles. The number of carbonyl (C=O) groups is 1. The first-order chi connectivity index (χ1) is 8.97. The average Bonchev–Trinajstić information content (AvgIpc) is 2.70. The highest BCUT2D eigenvalue weighted by atomic mass is 32.1. The normalized spacial score (nSPS) is 21.5. The van der Waals surface area contributed by atoms with Gasteiger partial charge in [-0.1, -0.05) is 0 Å². The molecule has 106 valence electrons. The van der Waals surface area contributed by atoms with Gasteiger partial charge in [-0.05, 0) is 27.1 Å². The molecule has 2 heterocycles. The van der Waals surface area contributed by atoms with Crippen LogP contribution >= 0.6 is 11.3 Å². The third kappa shape index (κ3) is 3.46. The number of rotatable bonds is 3. The van der Waals surface area contributed by atoms with E-state index in [1.54, 1.807) is 6.07 Å². The third-order valence-corrected chi connectivity index (χ3v) is 4.72. The van der Waals surface area contributed by atoms with Gasteiger partial charge in [0.05, 0.1) is 4.88 Å². The molecule has 3 N–H and O–H groups in total. The topological polar surface area (TPSA) is 61.6 Å². The number of thiophene rings is 1. The molecule has 0 aliphatic carbocycles. The van der Waals surface area contributed by atoms with Crippen molar-refractivity contribution in [3.63, 3.8) is 0 Å². The minimum absolute atomic E-state index is 0.0218. The molecule has 1 atom stereocenters. The minimum Gasteiger partial charge on any atom is -0.398 e. The SMILES string of the molecule is Cc1sc(C(=O)NCC2CN(C)CCN2C)cc1N. The molecule has 1 amide bonds. The number of carbonyl (C=O) groups excluding carboxylic acids is 1. The Labute approximate surface area is 118 Å². The van der Waals surface area contributed by atoms with Crippen molar-refractivity contribution in [1.82, 2.24) is 15.1 Å². The summed E-state index contributed by atoms with van der Waals surface area (Å²) in [6.45, 7) is 5.73. The molecule has 0 radical (unpaired) electrons. The average molecular weight is 282 g/mol. The number of nitrogens with one attached hydrogen (secondary N) is 1. The van der Waals surface area contributed by atoms with Gasteiger partial charge < -0.3 is 16.0 Å². The Morgan fingerprint density at radius 3 is 2.89 bits per heavy atom. The van der Waals surface area contributed by atoms with Gasteiger partial charge in [-0.3, -0.25) is 9.69 Å². The van der Waals surface area contributed by atoms with E-state index >= 15 is 0 Å².